The monoisotopic (exact) mass is 577 g/mol. The fourth-order valence-electron chi connectivity index (χ4n) is 5.49. The van der Waals surface area contributed by atoms with Crippen molar-refractivity contribution in [3.05, 3.63) is 141 Å². The van der Waals surface area contributed by atoms with Crippen LogP contribution in [0.25, 0.3) is 54.1 Å². The van der Waals surface area contributed by atoms with Crippen LogP contribution in [0.1, 0.15) is 12.8 Å². The summed E-state index contributed by atoms with van der Waals surface area (Å²) in [4.78, 5) is 13.5. The summed E-state index contributed by atoms with van der Waals surface area (Å²) in [6.45, 7) is 2.50. The molecule has 7 nitrogen and oxygen atoms in total. The number of para-hydroxylation sites is 2. The highest BCUT2D eigenvalue weighted by Gasteiger charge is 2.11. The number of hydrogen-bond acceptors (Lipinski definition) is 4. The van der Waals surface area contributed by atoms with Crippen molar-refractivity contribution >= 4 is 54.1 Å². The zero-order chi connectivity index (χ0) is 29.8. The summed E-state index contributed by atoms with van der Waals surface area (Å²) in [6.07, 6.45) is 13.0. The van der Waals surface area contributed by atoms with E-state index in [0.29, 0.717) is 0 Å². The summed E-state index contributed by atoms with van der Waals surface area (Å²) in [5, 5.41) is 20.3. The van der Waals surface area contributed by atoms with Crippen LogP contribution in [0, 0.1) is 0 Å². The number of nitrogens with zero attached hydrogens (tertiary/aromatic N) is 3. The van der Waals surface area contributed by atoms with E-state index in [4.69, 9.17) is 0 Å². The second-order valence-corrected chi connectivity index (χ2v) is 10.3. The molecule has 44 heavy (non-hydrogen) atoms. The van der Waals surface area contributed by atoms with Gasteiger partial charge < -0.3 is 15.3 Å². The first kappa shape index (κ1) is 28.6. The molecule has 0 atom stereocenters. The van der Waals surface area contributed by atoms with E-state index in [1.807, 2.05) is 30.3 Å². The van der Waals surface area contributed by atoms with Crippen molar-refractivity contribution in [2.45, 2.75) is 12.8 Å². The van der Waals surface area contributed by atoms with E-state index in [0.717, 1.165) is 11.0 Å². The number of imidazole rings is 2. The van der Waals surface area contributed by atoms with Gasteiger partial charge in [-0.2, -0.15) is 5.10 Å². The Kier molecular flexibility index (Phi) is 9.47. The Morgan fingerprint density at radius 2 is 1.20 bits per heavy atom. The Balaban J connectivity index is 0.000000117. The Morgan fingerprint density at radius 1 is 0.545 bits per heavy atom. The molecule has 1 aliphatic heterocycles. The molecule has 4 heterocycles. The molecule has 218 valence electrons. The Hall–Kier alpha value is -5.53. The molecule has 1 saturated heterocycles. The summed E-state index contributed by atoms with van der Waals surface area (Å²) in [5.74, 6) is 0. The molecule has 1 aliphatic rings. The van der Waals surface area contributed by atoms with Gasteiger partial charge in [-0.1, -0.05) is 84.9 Å². The third-order valence-corrected chi connectivity index (χ3v) is 7.49. The predicted octanol–water partition coefficient (Wildman–Crippen LogP) is 8.49. The third kappa shape index (κ3) is 6.75. The molecule has 0 bridgehead atoms. The molecule has 0 aliphatic carbocycles. The van der Waals surface area contributed by atoms with Crippen LogP contribution < -0.4 is 5.32 Å². The van der Waals surface area contributed by atoms with Gasteiger partial charge >= 0.3 is 0 Å². The van der Waals surface area contributed by atoms with E-state index < -0.39 is 0 Å². The summed E-state index contributed by atoms with van der Waals surface area (Å²) >= 11 is 0. The zero-order valence-electron chi connectivity index (χ0n) is 24.4. The van der Waals surface area contributed by atoms with Gasteiger partial charge in [0.1, 0.15) is 0 Å². The quantitative estimate of drug-likeness (QED) is 0.107. The number of aromatic amines is 3. The van der Waals surface area contributed by atoms with E-state index in [9.17, 15) is 0 Å². The smallest absolute Gasteiger partial charge is 0.0931 e. The number of benzene rings is 6. The maximum absolute atomic E-state index is 4.06. The molecule has 0 spiro atoms. The van der Waals surface area contributed by atoms with Crippen molar-refractivity contribution in [1.82, 2.24) is 35.5 Å². The van der Waals surface area contributed by atoms with Crippen molar-refractivity contribution in [3.63, 3.8) is 0 Å². The average molecular weight is 578 g/mol. The second kappa shape index (κ2) is 14.6. The number of aromatic nitrogens is 6. The van der Waals surface area contributed by atoms with Gasteiger partial charge in [0.15, 0.2) is 0 Å². The molecule has 9 aromatic rings. The molecule has 3 aromatic heterocycles. The highest BCUT2D eigenvalue weighted by atomic mass is 15.1. The van der Waals surface area contributed by atoms with Gasteiger partial charge in [-0.3, -0.25) is 5.10 Å². The molecule has 4 N–H and O–H groups in total. The molecular formula is C37H35N7. The fraction of sp³-hybridized carbons (Fsp3) is 0.108. The van der Waals surface area contributed by atoms with Gasteiger partial charge in [0.05, 0.1) is 23.7 Å². The lowest BCUT2D eigenvalue weighted by atomic mass is 9.89. The van der Waals surface area contributed by atoms with Crippen molar-refractivity contribution in [2.24, 2.45) is 0 Å². The summed E-state index contributed by atoms with van der Waals surface area (Å²) in [6, 6.07) is 36.2. The van der Waals surface area contributed by atoms with Crippen LogP contribution in [0.15, 0.2) is 141 Å². The molecule has 0 amide bonds. The van der Waals surface area contributed by atoms with Gasteiger partial charge in [-0.15, -0.1) is 0 Å². The minimum atomic E-state index is 1.03. The maximum Gasteiger partial charge on any atom is 0.0931 e. The predicted molar refractivity (Wildman–Crippen MR) is 183 cm³/mol. The van der Waals surface area contributed by atoms with Crippen LogP contribution in [0.4, 0.5) is 0 Å². The lowest BCUT2D eigenvalue weighted by molar-refractivity contribution is 0.857. The van der Waals surface area contributed by atoms with Crippen LogP contribution >= 0.6 is 0 Å². The lowest BCUT2D eigenvalue weighted by Gasteiger charge is -2.14. The first-order chi connectivity index (χ1) is 21.9. The Labute approximate surface area is 255 Å². The number of rotatable bonds is 0. The van der Waals surface area contributed by atoms with Crippen LogP contribution in [0.2, 0.25) is 0 Å². The normalized spacial score (nSPS) is 12.1. The van der Waals surface area contributed by atoms with Crippen LogP contribution in [-0.2, 0) is 0 Å². The molecule has 10 rings (SSSR count). The highest BCUT2D eigenvalue weighted by Crippen LogP contribution is 2.40. The van der Waals surface area contributed by atoms with Crippen LogP contribution in [0.5, 0.6) is 0 Å². The zero-order valence-corrected chi connectivity index (χ0v) is 24.4. The van der Waals surface area contributed by atoms with Crippen LogP contribution in [0.3, 0.4) is 0 Å². The van der Waals surface area contributed by atoms with E-state index in [1.165, 1.54) is 69.0 Å². The largest absolute Gasteiger partial charge is 0.351 e. The van der Waals surface area contributed by atoms with Gasteiger partial charge in [-0.05, 0) is 87.2 Å². The second-order valence-electron chi connectivity index (χ2n) is 10.3. The lowest BCUT2D eigenvalue weighted by Crippen LogP contribution is -2.03. The molecular weight excluding hydrogens is 542 g/mol. The van der Waals surface area contributed by atoms with Crippen molar-refractivity contribution in [2.75, 3.05) is 13.1 Å². The van der Waals surface area contributed by atoms with Gasteiger partial charge in [0, 0.05) is 24.8 Å². The standard InChI is InChI=1S/C20H12.C7H6N2.C4H9N.2C3H4N2/c1-2-8-16-15(7-1)17-9-3-5-13-11-12-14-6-4-10-18(16)20(14)19(13)17;1-2-4-7-6(3-1)8-5-9-7;1-2-4-5-3-1;1-2-5-3-4-1;1-2-4-5-3-1/h1-12H;1-5H,(H,8,9);5H,1-4H2;2*1-3H,(H,4,5). The highest BCUT2D eigenvalue weighted by molar-refractivity contribution is 6.33. The molecule has 0 radical (unpaired) electrons. The summed E-state index contributed by atoms with van der Waals surface area (Å²) in [5.41, 5.74) is 2.12. The molecule has 1 fully saturated rings. The van der Waals surface area contributed by atoms with E-state index in [2.05, 4.69) is 108 Å². The SMILES string of the molecule is C1CCNC1.c1c[nH]cn1.c1ccc2[nH]cnc2c1.c1ccc2c(c1)c1cccc3ccc4cccc2c4c31.c1cn[nH]c1. The maximum atomic E-state index is 4.06. The number of H-pyrrole nitrogens is 3. The fourth-order valence-corrected chi connectivity index (χ4v) is 5.49. The first-order valence-electron chi connectivity index (χ1n) is 14.9. The molecule has 0 unspecified atom stereocenters. The molecule has 0 saturated carbocycles. The summed E-state index contributed by atoms with van der Waals surface area (Å²) in [7, 11) is 0. The minimum absolute atomic E-state index is 1.03. The number of hydrogen-bond donors (Lipinski definition) is 4. The molecule has 7 heteroatoms. The van der Waals surface area contributed by atoms with Gasteiger partial charge in [-0.25, -0.2) is 9.97 Å². The van der Waals surface area contributed by atoms with Crippen molar-refractivity contribution in [1.29, 1.82) is 0 Å². The van der Waals surface area contributed by atoms with Crippen LogP contribution in [-0.4, -0.2) is 43.2 Å². The Bertz CT molecular complexity index is 1920. The van der Waals surface area contributed by atoms with Gasteiger partial charge in [0.25, 0.3) is 0 Å². The van der Waals surface area contributed by atoms with E-state index >= 15 is 0 Å². The topological polar surface area (TPSA) is 98.1 Å². The van der Waals surface area contributed by atoms with Gasteiger partial charge in [0.2, 0.25) is 0 Å². The molecule has 6 aromatic carbocycles. The van der Waals surface area contributed by atoms with Crippen molar-refractivity contribution < 1.29 is 0 Å². The average Bonchev–Trinajstić information content (AvgIpc) is 3.94. The summed E-state index contributed by atoms with van der Waals surface area (Å²) < 4.78 is 0. The number of fused-ring (bicyclic) bond motifs is 4. The number of nitrogens with one attached hydrogen (secondary N) is 4. The Morgan fingerprint density at radius 3 is 1.68 bits per heavy atom. The minimum Gasteiger partial charge on any atom is -0.351 e. The third-order valence-electron chi connectivity index (χ3n) is 7.49. The first-order valence-corrected chi connectivity index (χ1v) is 14.9. The van der Waals surface area contributed by atoms with E-state index in [-0.39, 0.29) is 0 Å². The van der Waals surface area contributed by atoms with E-state index in [1.54, 1.807) is 37.4 Å². The van der Waals surface area contributed by atoms with Crippen molar-refractivity contribution in [3.8, 4) is 0 Å².